The number of carbonyl (C=O) groups is 1. The third kappa shape index (κ3) is 1.83. The second kappa shape index (κ2) is 5.40. The molecule has 0 spiro atoms. The molecule has 2 bridgehead atoms. The molecule has 2 atom stereocenters. The molecule has 2 aliphatic rings. The van der Waals surface area contributed by atoms with Crippen LogP contribution in [0.2, 0.25) is 0 Å². The molecule has 1 heterocycles. The fraction of sp³-hybridized carbons (Fsp3) is 0.375. The fourth-order valence-corrected chi connectivity index (χ4v) is 5.58. The summed E-state index contributed by atoms with van der Waals surface area (Å²) in [5.74, 6) is 0.121. The molecule has 0 N–H and O–H groups in total. The third-order valence-corrected chi connectivity index (χ3v) is 7.76. The minimum atomic E-state index is -0.654. The predicted octanol–water partition coefficient (Wildman–Crippen LogP) is 4.62. The van der Waals surface area contributed by atoms with Gasteiger partial charge in [-0.1, -0.05) is 51.1 Å². The average Bonchev–Trinajstić information content (AvgIpc) is 3.01. The predicted molar refractivity (Wildman–Crippen MR) is 111 cm³/mol. The van der Waals surface area contributed by atoms with Crippen molar-refractivity contribution in [1.29, 1.82) is 0 Å². The number of fused-ring (bicyclic) bond motifs is 6. The van der Waals surface area contributed by atoms with E-state index in [2.05, 4.69) is 20.8 Å². The van der Waals surface area contributed by atoms with Crippen LogP contribution in [0.4, 0.5) is 5.69 Å². The monoisotopic (exact) mass is 371 g/mol. The molecule has 3 aromatic rings. The molecule has 28 heavy (non-hydrogen) atoms. The van der Waals surface area contributed by atoms with E-state index >= 15 is 0 Å². The Morgan fingerprint density at radius 2 is 1.43 bits per heavy atom. The first-order chi connectivity index (χ1) is 13.3. The number of rotatable bonds is 2. The van der Waals surface area contributed by atoms with Crippen molar-refractivity contribution in [3.8, 4) is 0 Å². The van der Waals surface area contributed by atoms with Crippen molar-refractivity contribution in [3.63, 3.8) is 0 Å². The second-order valence-electron chi connectivity index (χ2n) is 8.97. The summed E-state index contributed by atoms with van der Waals surface area (Å²) < 4.78 is 0. The van der Waals surface area contributed by atoms with Crippen LogP contribution in [0.1, 0.15) is 45.0 Å². The number of benzene rings is 2. The molecule has 1 amide bonds. The Labute approximate surface area is 165 Å². The SMILES string of the molecule is CN(C(=O)C12CCC(C)(c3nc4ccccc4nc31)C2(C)C)c1ccccc1. The van der Waals surface area contributed by atoms with Crippen molar-refractivity contribution in [2.75, 3.05) is 11.9 Å². The zero-order valence-corrected chi connectivity index (χ0v) is 16.9. The first-order valence-corrected chi connectivity index (χ1v) is 9.94. The highest BCUT2D eigenvalue weighted by Crippen LogP contribution is 2.70. The number of para-hydroxylation sites is 3. The van der Waals surface area contributed by atoms with Crippen LogP contribution in [-0.2, 0) is 15.6 Å². The summed E-state index contributed by atoms with van der Waals surface area (Å²) >= 11 is 0. The zero-order valence-electron chi connectivity index (χ0n) is 16.9. The van der Waals surface area contributed by atoms with E-state index in [-0.39, 0.29) is 16.7 Å². The van der Waals surface area contributed by atoms with Gasteiger partial charge >= 0.3 is 0 Å². The topological polar surface area (TPSA) is 46.1 Å². The van der Waals surface area contributed by atoms with Crippen LogP contribution in [-0.4, -0.2) is 22.9 Å². The summed E-state index contributed by atoms with van der Waals surface area (Å²) in [4.78, 5) is 25.9. The van der Waals surface area contributed by atoms with Crippen molar-refractivity contribution in [2.24, 2.45) is 5.41 Å². The van der Waals surface area contributed by atoms with Gasteiger partial charge in [-0.25, -0.2) is 9.97 Å². The molecule has 2 aromatic carbocycles. The van der Waals surface area contributed by atoms with Crippen LogP contribution in [0, 0.1) is 5.41 Å². The molecular weight excluding hydrogens is 346 g/mol. The molecule has 0 aliphatic heterocycles. The van der Waals surface area contributed by atoms with E-state index in [1.165, 1.54) is 0 Å². The molecule has 1 saturated carbocycles. The smallest absolute Gasteiger partial charge is 0.239 e. The highest BCUT2D eigenvalue weighted by Gasteiger charge is 2.73. The summed E-state index contributed by atoms with van der Waals surface area (Å²) in [7, 11) is 1.88. The van der Waals surface area contributed by atoms with Gasteiger partial charge in [0.2, 0.25) is 5.91 Å². The van der Waals surface area contributed by atoms with E-state index in [1.54, 1.807) is 4.90 Å². The Morgan fingerprint density at radius 1 is 0.857 bits per heavy atom. The Kier molecular flexibility index (Phi) is 3.35. The molecule has 1 fully saturated rings. The summed E-state index contributed by atoms with van der Waals surface area (Å²) in [6, 6.07) is 17.8. The van der Waals surface area contributed by atoms with Crippen LogP contribution < -0.4 is 4.90 Å². The number of likely N-dealkylation sites (N-methyl/N-ethyl adjacent to an activating group) is 1. The molecule has 4 nitrogen and oxygen atoms in total. The van der Waals surface area contributed by atoms with E-state index in [4.69, 9.17) is 9.97 Å². The van der Waals surface area contributed by atoms with E-state index in [9.17, 15) is 4.79 Å². The molecule has 2 unspecified atom stereocenters. The number of carbonyl (C=O) groups excluding carboxylic acids is 1. The molecule has 4 heteroatoms. The molecule has 5 rings (SSSR count). The van der Waals surface area contributed by atoms with Gasteiger partial charge in [0.05, 0.1) is 27.8 Å². The van der Waals surface area contributed by atoms with Crippen LogP contribution in [0.15, 0.2) is 54.6 Å². The van der Waals surface area contributed by atoms with Crippen molar-refractivity contribution >= 4 is 22.6 Å². The summed E-state index contributed by atoms with van der Waals surface area (Å²) in [5, 5.41) is 0. The van der Waals surface area contributed by atoms with E-state index in [0.717, 1.165) is 41.0 Å². The summed E-state index contributed by atoms with van der Waals surface area (Å²) in [5.41, 5.74) is 3.50. The average molecular weight is 371 g/mol. The lowest BCUT2D eigenvalue weighted by Crippen LogP contribution is -2.52. The van der Waals surface area contributed by atoms with E-state index in [1.807, 2.05) is 61.6 Å². The van der Waals surface area contributed by atoms with Crippen LogP contribution in [0.25, 0.3) is 11.0 Å². The Hall–Kier alpha value is -2.75. The minimum Gasteiger partial charge on any atom is -0.315 e. The van der Waals surface area contributed by atoms with Crippen molar-refractivity contribution in [2.45, 2.75) is 44.4 Å². The maximum atomic E-state index is 14.0. The summed E-state index contributed by atoms with van der Waals surface area (Å²) in [6.07, 6.45) is 1.76. The maximum absolute atomic E-state index is 14.0. The number of nitrogens with zero attached hydrogens (tertiary/aromatic N) is 3. The highest BCUT2D eigenvalue weighted by molar-refractivity contribution is 6.03. The lowest BCUT2D eigenvalue weighted by molar-refractivity contribution is -0.127. The van der Waals surface area contributed by atoms with Gasteiger partial charge in [0.1, 0.15) is 0 Å². The Morgan fingerprint density at radius 3 is 2.07 bits per heavy atom. The van der Waals surface area contributed by atoms with E-state index < -0.39 is 5.41 Å². The van der Waals surface area contributed by atoms with Gasteiger partial charge in [0.15, 0.2) is 0 Å². The quantitative estimate of drug-likeness (QED) is 0.660. The van der Waals surface area contributed by atoms with Crippen molar-refractivity contribution < 1.29 is 4.79 Å². The summed E-state index contributed by atoms with van der Waals surface area (Å²) in [6.45, 7) is 6.72. The fourth-order valence-electron chi connectivity index (χ4n) is 5.58. The van der Waals surface area contributed by atoms with Crippen LogP contribution >= 0.6 is 0 Å². The third-order valence-electron chi connectivity index (χ3n) is 7.76. The second-order valence-corrected chi connectivity index (χ2v) is 8.97. The van der Waals surface area contributed by atoms with Crippen molar-refractivity contribution in [3.05, 3.63) is 66.0 Å². The molecular formula is C24H25N3O. The van der Waals surface area contributed by atoms with Gasteiger partial charge in [-0.15, -0.1) is 0 Å². The van der Waals surface area contributed by atoms with Gasteiger partial charge in [-0.2, -0.15) is 0 Å². The largest absolute Gasteiger partial charge is 0.315 e. The highest BCUT2D eigenvalue weighted by atomic mass is 16.2. The normalized spacial score (nSPS) is 27.0. The first-order valence-electron chi connectivity index (χ1n) is 9.94. The number of hydrogen-bond acceptors (Lipinski definition) is 3. The number of hydrogen-bond donors (Lipinski definition) is 0. The van der Waals surface area contributed by atoms with Crippen LogP contribution in [0.5, 0.6) is 0 Å². The molecule has 2 aliphatic carbocycles. The minimum absolute atomic E-state index is 0.121. The van der Waals surface area contributed by atoms with Gasteiger partial charge in [0, 0.05) is 18.2 Å². The van der Waals surface area contributed by atoms with Gasteiger partial charge in [0.25, 0.3) is 0 Å². The lowest BCUT2D eigenvalue weighted by atomic mass is 9.63. The van der Waals surface area contributed by atoms with Crippen molar-refractivity contribution in [1.82, 2.24) is 9.97 Å². The zero-order chi connectivity index (χ0) is 19.7. The number of aromatic nitrogens is 2. The molecule has 142 valence electrons. The molecule has 0 saturated heterocycles. The standard InChI is InChI=1S/C24H25N3O/c1-22(2)23(3)14-15-24(22,21(28)27(4)16-10-6-5-7-11-16)20-19(23)25-17-12-8-9-13-18(17)26-20/h5-13H,14-15H2,1-4H3. The van der Waals surface area contributed by atoms with Gasteiger partial charge in [-0.3, -0.25) is 4.79 Å². The Balaban J connectivity index is 1.75. The number of amides is 1. The van der Waals surface area contributed by atoms with E-state index in [0.29, 0.717) is 0 Å². The number of anilines is 1. The van der Waals surface area contributed by atoms with Gasteiger partial charge < -0.3 is 4.90 Å². The van der Waals surface area contributed by atoms with Crippen LogP contribution in [0.3, 0.4) is 0 Å². The molecule has 1 aromatic heterocycles. The van der Waals surface area contributed by atoms with Gasteiger partial charge in [-0.05, 0) is 42.5 Å². The maximum Gasteiger partial charge on any atom is 0.239 e. The lowest BCUT2D eigenvalue weighted by Gasteiger charge is -2.41. The molecule has 0 radical (unpaired) electrons. The Bertz CT molecular complexity index is 1110. The first kappa shape index (κ1) is 17.4.